The van der Waals surface area contributed by atoms with E-state index in [9.17, 15) is 14.4 Å². The molecule has 1 aromatic carbocycles. The van der Waals surface area contributed by atoms with Crippen LogP contribution in [0.15, 0.2) is 29.8 Å². The van der Waals surface area contributed by atoms with Gasteiger partial charge in [0.2, 0.25) is 0 Å². The number of nitrogens with one attached hydrogen (secondary N) is 1. The zero-order chi connectivity index (χ0) is 14.9. The molecule has 1 aliphatic rings. The summed E-state index contributed by atoms with van der Waals surface area (Å²) >= 11 is 0. The summed E-state index contributed by atoms with van der Waals surface area (Å²) in [6.45, 7) is 2.04. The number of hydrogen-bond acceptors (Lipinski definition) is 4. The van der Waals surface area contributed by atoms with E-state index in [1.165, 1.54) is 7.05 Å². The number of nitrogens with zero attached hydrogens (tertiary/aromatic N) is 1. The molecule has 20 heavy (non-hydrogen) atoms. The fraction of sp³-hybridized carbons (Fsp3) is 0.214. The lowest BCUT2D eigenvalue weighted by Gasteiger charge is -2.07. The van der Waals surface area contributed by atoms with Crippen molar-refractivity contribution < 1.29 is 19.5 Å². The second kappa shape index (κ2) is 5.16. The average Bonchev–Trinajstić information content (AvgIpc) is 2.61. The van der Waals surface area contributed by atoms with Crippen LogP contribution < -0.4 is 5.32 Å². The highest BCUT2D eigenvalue weighted by Crippen LogP contribution is 2.24. The molecule has 2 amide bonds. The van der Waals surface area contributed by atoms with Crippen LogP contribution in [0.3, 0.4) is 0 Å². The van der Waals surface area contributed by atoms with E-state index in [1.807, 2.05) is 0 Å². The van der Waals surface area contributed by atoms with Crippen LogP contribution in [0.2, 0.25) is 0 Å². The highest BCUT2D eigenvalue weighted by Gasteiger charge is 2.32. The summed E-state index contributed by atoms with van der Waals surface area (Å²) in [4.78, 5) is 35.1. The first-order valence-electron chi connectivity index (χ1n) is 6.00. The van der Waals surface area contributed by atoms with Gasteiger partial charge in [-0.05, 0) is 30.7 Å². The Hall–Kier alpha value is -2.63. The highest BCUT2D eigenvalue weighted by atomic mass is 16.4. The maximum Gasteiger partial charge on any atom is 0.328 e. The normalized spacial score (nSPS) is 14.5. The van der Waals surface area contributed by atoms with Crippen LogP contribution in [-0.4, -0.2) is 41.4 Å². The molecule has 0 saturated heterocycles. The van der Waals surface area contributed by atoms with Gasteiger partial charge in [0.25, 0.3) is 11.8 Å². The van der Waals surface area contributed by atoms with Crippen LogP contribution in [0, 0.1) is 0 Å². The number of rotatable bonds is 4. The van der Waals surface area contributed by atoms with E-state index in [1.54, 1.807) is 25.1 Å². The summed E-state index contributed by atoms with van der Waals surface area (Å²) < 4.78 is 0. The van der Waals surface area contributed by atoms with Gasteiger partial charge in [0.15, 0.2) is 0 Å². The van der Waals surface area contributed by atoms with Crippen LogP contribution in [0.1, 0.15) is 27.6 Å². The number of anilines is 1. The van der Waals surface area contributed by atoms with E-state index in [-0.39, 0.29) is 11.8 Å². The van der Waals surface area contributed by atoms with Gasteiger partial charge in [-0.2, -0.15) is 0 Å². The Labute approximate surface area is 115 Å². The third-order valence-corrected chi connectivity index (χ3v) is 3.03. The Morgan fingerprint density at radius 2 is 1.95 bits per heavy atom. The molecule has 2 N–H and O–H groups in total. The zero-order valence-corrected chi connectivity index (χ0v) is 11.1. The van der Waals surface area contributed by atoms with E-state index in [4.69, 9.17) is 5.11 Å². The molecule has 0 aliphatic carbocycles. The van der Waals surface area contributed by atoms with Crippen LogP contribution in [0.5, 0.6) is 0 Å². The zero-order valence-electron chi connectivity index (χ0n) is 11.1. The predicted molar refractivity (Wildman–Crippen MR) is 72.7 cm³/mol. The molecule has 1 heterocycles. The summed E-state index contributed by atoms with van der Waals surface area (Å²) in [5.41, 5.74) is 2.07. The summed E-state index contributed by atoms with van der Waals surface area (Å²) in [5, 5.41) is 11.6. The van der Waals surface area contributed by atoms with Gasteiger partial charge in [-0.1, -0.05) is 0 Å². The van der Waals surface area contributed by atoms with Gasteiger partial charge < -0.3 is 10.4 Å². The van der Waals surface area contributed by atoms with E-state index in [0.717, 1.165) is 11.0 Å². The molecule has 104 valence electrons. The van der Waals surface area contributed by atoms with E-state index >= 15 is 0 Å². The van der Waals surface area contributed by atoms with Crippen molar-refractivity contribution in [2.75, 3.05) is 18.9 Å². The Morgan fingerprint density at radius 1 is 1.30 bits per heavy atom. The molecule has 1 aliphatic heterocycles. The number of carboxylic acid groups (broad SMARTS) is 1. The molecule has 0 radical (unpaired) electrons. The molecule has 0 unspecified atom stereocenters. The van der Waals surface area contributed by atoms with Crippen molar-refractivity contribution >= 4 is 23.5 Å². The van der Waals surface area contributed by atoms with Crippen LogP contribution in [-0.2, 0) is 4.79 Å². The minimum atomic E-state index is -0.999. The number of benzene rings is 1. The molecule has 0 fully saturated rings. The van der Waals surface area contributed by atoms with Gasteiger partial charge in [-0.3, -0.25) is 14.5 Å². The lowest BCUT2D eigenvalue weighted by molar-refractivity contribution is -0.131. The Kier molecular flexibility index (Phi) is 3.56. The molecule has 2 rings (SSSR count). The van der Waals surface area contributed by atoms with Crippen molar-refractivity contribution in [1.29, 1.82) is 0 Å². The van der Waals surface area contributed by atoms with Crippen molar-refractivity contribution in [2.45, 2.75) is 6.92 Å². The molecule has 1 aromatic rings. The Bertz CT molecular complexity index is 634. The fourth-order valence-corrected chi connectivity index (χ4v) is 1.97. The SMILES string of the molecule is C/C(=C\C(=O)O)CNc1ccc2c(c1)C(=O)N(C)C2=O. The van der Waals surface area contributed by atoms with Crippen LogP contribution >= 0.6 is 0 Å². The molecule has 0 aromatic heterocycles. The lowest BCUT2D eigenvalue weighted by atomic mass is 10.1. The van der Waals surface area contributed by atoms with Crippen molar-refractivity contribution in [3.63, 3.8) is 0 Å². The van der Waals surface area contributed by atoms with E-state index in [0.29, 0.717) is 28.9 Å². The summed E-state index contributed by atoms with van der Waals surface area (Å²) in [6, 6.07) is 4.89. The molecular formula is C14H14N2O4. The van der Waals surface area contributed by atoms with E-state index < -0.39 is 5.97 Å². The maximum atomic E-state index is 11.8. The van der Waals surface area contributed by atoms with Crippen molar-refractivity contribution in [1.82, 2.24) is 4.90 Å². The first-order valence-corrected chi connectivity index (χ1v) is 6.00. The van der Waals surface area contributed by atoms with Crippen molar-refractivity contribution in [3.8, 4) is 0 Å². The summed E-state index contributed by atoms with van der Waals surface area (Å²) in [7, 11) is 1.44. The first-order chi connectivity index (χ1) is 9.40. The lowest BCUT2D eigenvalue weighted by Crippen LogP contribution is -2.24. The van der Waals surface area contributed by atoms with E-state index in [2.05, 4.69) is 5.32 Å². The number of carbonyl (C=O) groups is 3. The largest absolute Gasteiger partial charge is 0.478 e. The number of amides is 2. The summed E-state index contributed by atoms with van der Waals surface area (Å²) in [5.74, 6) is -1.63. The van der Waals surface area contributed by atoms with Crippen LogP contribution in [0.4, 0.5) is 5.69 Å². The number of carbonyl (C=O) groups excluding carboxylic acids is 2. The van der Waals surface area contributed by atoms with Gasteiger partial charge in [-0.25, -0.2) is 4.79 Å². The molecule has 0 bridgehead atoms. The fourth-order valence-electron chi connectivity index (χ4n) is 1.97. The monoisotopic (exact) mass is 274 g/mol. The number of fused-ring (bicyclic) bond motifs is 1. The molecular weight excluding hydrogens is 260 g/mol. The Morgan fingerprint density at radius 3 is 2.60 bits per heavy atom. The van der Waals surface area contributed by atoms with Crippen molar-refractivity contribution in [2.24, 2.45) is 0 Å². The van der Waals surface area contributed by atoms with Gasteiger partial charge in [0.05, 0.1) is 11.1 Å². The first kappa shape index (κ1) is 13.8. The van der Waals surface area contributed by atoms with Gasteiger partial charge in [0.1, 0.15) is 0 Å². The molecule has 0 atom stereocenters. The van der Waals surface area contributed by atoms with Crippen LogP contribution in [0.25, 0.3) is 0 Å². The molecule has 0 saturated carbocycles. The Balaban J connectivity index is 2.16. The topological polar surface area (TPSA) is 86.7 Å². The second-order valence-corrected chi connectivity index (χ2v) is 4.61. The number of imide groups is 1. The van der Waals surface area contributed by atoms with Crippen molar-refractivity contribution in [3.05, 3.63) is 41.0 Å². The van der Waals surface area contributed by atoms with Gasteiger partial charge >= 0.3 is 5.97 Å². The number of hydrogen-bond donors (Lipinski definition) is 2. The third-order valence-electron chi connectivity index (χ3n) is 3.03. The molecule has 6 nitrogen and oxygen atoms in total. The number of carboxylic acids is 1. The minimum Gasteiger partial charge on any atom is -0.478 e. The quantitative estimate of drug-likeness (QED) is 0.639. The summed E-state index contributed by atoms with van der Waals surface area (Å²) in [6.07, 6.45) is 1.11. The minimum absolute atomic E-state index is 0.307. The molecule has 0 spiro atoms. The second-order valence-electron chi connectivity index (χ2n) is 4.61. The standard InChI is InChI=1S/C14H14N2O4/c1-8(5-12(17)18)7-15-9-3-4-10-11(6-9)14(20)16(2)13(10)19/h3-6,15H,7H2,1-2H3,(H,17,18)/b8-5+. The van der Waals surface area contributed by atoms with Gasteiger partial charge in [0, 0.05) is 25.4 Å². The highest BCUT2D eigenvalue weighted by molar-refractivity contribution is 6.21. The average molecular weight is 274 g/mol. The predicted octanol–water partition coefficient (Wildman–Crippen LogP) is 1.36. The third kappa shape index (κ3) is 2.54. The molecule has 6 heteroatoms. The number of aliphatic carboxylic acids is 1. The maximum absolute atomic E-state index is 11.8. The van der Waals surface area contributed by atoms with Gasteiger partial charge in [-0.15, -0.1) is 0 Å². The smallest absolute Gasteiger partial charge is 0.328 e.